The van der Waals surface area contributed by atoms with Crippen LogP contribution < -0.4 is 14.8 Å². The summed E-state index contributed by atoms with van der Waals surface area (Å²) in [6, 6.07) is 27.7. The molecule has 1 aliphatic rings. The van der Waals surface area contributed by atoms with Gasteiger partial charge in [0.1, 0.15) is 23.9 Å². The number of nitrogens with one attached hydrogen (secondary N) is 2. The van der Waals surface area contributed by atoms with Crippen LogP contribution in [0.4, 0.5) is 11.6 Å². The molecule has 3 N–H and O–H groups in total. The molecule has 0 spiro atoms. The molecule has 0 saturated carbocycles. The van der Waals surface area contributed by atoms with Crippen LogP contribution in [-0.4, -0.2) is 62.8 Å². The van der Waals surface area contributed by atoms with Crippen LogP contribution in [0.2, 0.25) is 0 Å². The summed E-state index contributed by atoms with van der Waals surface area (Å²) in [5.41, 5.74) is 4.42. The van der Waals surface area contributed by atoms with Crippen molar-refractivity contribution in [2.24, 2.45) is 5.92 Å². The van der Waals surface area contributed by atoms with Crippen molar-refractivity contribution < 1.29 is 14.6 Å². The van der Waals surface area contributed by atoms with Crippen molar-refractivity contribution >= 4 is 11.6 Å². The number of rotatable bonds is 13. The Kier molecular flexibility index (Phi) is 9.76. The Morgan fingerprint density at radius 1 is 0.886 bits per heavy atom. The summed E-state index contributed by atoms with van der Waals surface area (Å²) < 4.78 is 12.0. The van der Waals surface area contributed by atoms with E-state index < -0.39 is 0 Å². The number of aliphatic hydroxyl groups excluding tert-OH is 1. The summed E-state index contributed by atoms with van der Waals surface area (Å²) in [6.45, 7) is 4.59. The summed E-state index contributed by atoms with van der Waals surface area (Å²) in [5.74, 6) is 3.27. The number of aromatic amines is 1. The van der Waals surface area contributed by atoms with Gasteiger partial charge in [0.15, 0.2) is 0 Å². The number of likely N-dealkylation sites (tertiary alicyclic amines) is 1. The lowest BCUT2D eigenvalue weighted by atomic mass is 9.98. The molecule has 1 fully saturated rings. The van der Waals surface area contributed by atoms with Crippen molar-refractivity contribution in [2.75, 3.05) is 38.2 Å². The molecule has 1 aliphatic heterocycles. The monoisotopic (exact) mass is 590 g/mol. The van der Waals surface area contributed by atoms with Gasteiger partial charge in [-0.1, -0.05) is 48.5 Å². The largest absolute Gasteiger partial charge is 0.493 e. The van der Waals surface area contributed by atoms with Gasteiger partial charge in [0, 0.05) is 36.7 Å². The van der Waals surface area contributed by atoms with Gasteiger partial charge in [0.25, 0.3) is 0 Å². The number of piperidine rings is 1. The number of aromatic nitrogens is 4. The minimum atomic E-state index is 0.308. The fraction of sp³-hybridized carbons (Fsp3) is 0.286. The number of nitrogens with zero attached hydrogens (tertiary/aromatic N) is 4. The first-order valence-corrected chi connectivity index (χ1v) is 15.2. The Balaban J connectivity index is 1.03. The molecule has 44 heavy (non-hydrogen) atoms. The number of ether oxygens (including phenoxy) is 2. The molecule has 3 aromatic carbocycles. The summed E-state index contributed by atoms with van der Waals surface area (Å²) in [7, 11) is 0. The number of benzene rings is 3. The molecule has 5 aromatic rings. The van der Waals surface area contributed by atoms with Crippen LogP contribution in [0.1, 0.15) is 24.8 Å². The van der Waals surface area contributed by atoms with Crippen LogP contribution >= 0.6 is 0 Å². The van der Waals surface area contributed by atoms with Crippen LogP contribution in [0, 0.1) is 5.92 Å². The zero-order chi connectivity index (χ0) is 30.0. The minimum absolute atomic E-state index is 0.308. The van der Waals surface area contributed by atoms with Gasteiger partial charge in [-0.3, -0.25) is 0 Å². The highest BCUT2D eigenvalue weighted by Crippen LogP contribution is 2.26. The molecule has 6 rings (SSSR count). The van der Waals surface area contributed by atoms with Gasteiger partial charge in [0.2, 0.25) is 5.95 Å². The molecular formula is C35H38N6O3. The molecule has 2 aromatic heterocycles. The van der Waals surface area contributed by atoms with E-state index in [-0.39, 0.29) is 0 Å². The van der Waals surface area contributed by atoms with Crippen molar-refractivity contribution in [3.05, 3.63) is 103 Å². The highest BCUT2D eigenvalue weighted by molar-refractivity contribution is 5.64. The maximum absolute atomic E-state index is 9.33. The molecule has 0 aliphatic carbocycles. The third kappa shape index (κ3) is 8.00. The minimum Gasteiger partial charge on any atom is -0.493 e. The molecule has 0 amide bonds. The lowest BCUT2D eigenvalue weighted by Crippen LogP contribution is -2.35. The SMILES string of the molecule is OCC1CCN(CCCOc2cccc(Nc3nccc(-c4cnc(-c5cccc(OCc6ccccc6)c5)[nH]4)n3)c2)CC1. The number of aliphatic hydroxyl groups is 1. The number of hydrogen-bond acceptors (Lipinski definition) is 8. The molecule has 3 heterocycles. The van der Waals surface area contributed by atoms with E-state index in [2.05, 4.69) is 25.2 Å². The quantitative estimate of drug-likeness (QED) is 0.137. The van der Waals surface area contributed by atoms with E-state index >= 15 is 0 Å². The molecule has 1 saturated heterocycles. The zero-order valence-electron chi connectivity index (χ0n) is 24.7. The number of imidazole rings is 1. The third-order valence-corrected chi connectivity index (χ3v) is 7.81. The number of hydrogen-bond donors (Lipinski definition) is 3. The average molecular weight is 591 g/mol. The van der Waals surface area contributed by atoms with E-state index in [1.807, 2.05) is 84.9 Å². The van der Waals surface area contributed by atoms with Gasteiger partial charge in [-0.15, -0.1) is 0 Å². The first-order chi connectivity index (χ1) is 21.7. The van der Waals surface area contributed by atoms with Gasteiger partial charge < -0.3 is 29.8 Å². The van der Waals surface area contributed by atoms with Crippen molar-refractivity contribution in [3.63, 3.8) is 0 Å². The van der Waals surface area contributed by atoms with Gasteiger partial charge in [-0.2, -0.15) is 0 Å². The lowest BCUT2D eigenvalue weighted by molar-refractivity contribution is 0.126. The molecule has 0 atom stereocenters. The molecule has 9 heteroatoms. The average Bonchev–Trinajstić information content (AvgIpc) is 3.58. The molecule has 0 radical (unpaired) electrons. The van der Waals surface area contributed by atoms with Crippen molar-refractivity contribution in [1.82, 2.24) is 24.8 Å². The normalized spacial score (nSPS) is 13.9. The van der Waals surface area contributed by atoms with E-state index in [1.54, 1.807) is 12.4 Å². The smallest absolute Gasteiger partial charge is 0.227 e. The molecule has 0 unspecified atom stereocenters. The van der Waals surface area contributed by atoms with Crippen LogP contribution in [-0.2, 0) is 6.61 Å². The fourth-order valence-electron chi connectivity index (χ4n) is 5.30. The Labute approximate surface area is 258 Å². The second-order valence-corrected chi connectivity index (χ2v) is 11.0. The maximum atomic E-state index is 9.33. The van der Waals surface area contributed by atoms with E-state index in [9.17, 15) is 5.11 Å². The predicted molar refractivity (Wildman–Crippen MR) is 172 cm³/mol. The summed E-state index contributed by atoms with van der Waals surface area (Å²) >= 11 is 0. The second kappa shape index (κ2) is 14.6. The van der Waals surface area contributed by atoms with E-state index in [0.29, 0.717) is 31.7 Å². The van der Waals surface area contributed by atoms with Crippen molar-refractivity contribution in [3.8, 4) is 34.3 Å². The predicted octanol–water partition coefficient (Wildman–Crippen LogP) is 6.33. The van der Waals surface area contributed by atoms with Gasteiger partial charge in [0.05, 0.1) is 24.2 Å². The molecule has 0 bridgehead atoms. The highest BCUT2D eigenvalue weighted by Gasteiger charge is 2.17. The first-order valence-electron chi connectivity index (χ1n) is 15.2. The van der Waals surface area contributed by atoms with Gasteiger partial charge in [-0.25, -0.2) is 15.0 Å². The van der Waals surface area contributed by atoms with E-state index in [0.717, 1.165) is 84.4 Å². The summed E-state index contributed by atoms with van der Waals surface area (Å²) in [4.78, 5) is 19.6. The maximum Gasteiger partial charge on any atom is 0.227 e. The molecule has 226 valence electrons. The van der Waals surface area contributed by atoms with E-state index in [1.165, 1.54) is 0 Å². The second-order valence-electron chi connectivity index (χ2n) is 11.0. The number of anilines is 2. The van der Waals surface area contributed by atoms with Gasteiger partial charge >= 0.3 is 0 Å². The molecular weight excluding hydrogens is 552 g/mol. The Morgan fingerprint density at radius 2 is 1.70 bits per heavy atom. The third-order valence-electron chi connectivity index (χ3n) is 7.81. The summed E-state index contributed by atoms with van der Waals surface area (Å²) in [6.07, 6.45) is 6.63. The van der Waals surface area contributed by atoms with Crippen molar-refractivity contribution in [1.29, 1.82) is 0 Å². The Bertz CT molecular complexity index is 1620. The van der Waals surface area contributed by atoms with Crippen LogP contribution in [0.15, 0.2) is 97.3 Å². The van der Waals surface area contributed by atoms with Crippen molar-refractivity contribution in [2.45, 2.75) is 25.9 Å². The Morgan fingerprint density at radius 3 is 2.55 bits per heavy atom. The summed E-state index contributed by atoms with van der Waals surface area (Å²) in [5, 5.41) is 12.6. The van der Waals surface area contributed by atoms with Crippen LogP contribution in [0.5, 0.6) is 11.5 Å². The topological polar surface area (TPSA) is 108 Å². The fourth-order valence-corrected chi connectivity index (χ4v) is 5.30. The standard InChI is InChI=1S/C35H38N6O3/c42-24-26-14-18-41(19-15-26)17-6-20-43-31-12-5-10-29(22-31)38-35-36-16-13-32(40-35)33-23-37-34(39-33)28-9-4-11-30(21-28)44-25-27-7-2-1-3-8-27/h1-5,7-13,16,21-23,26,42H,6,14-15,17-20,24-25H2,(H,37,39)(H,36,38,40). The van der Waals surface area contributed by atoms with Crippen LogP contribution in [0.3, 0.4) is 0 Å². The van der Waals surface area contributed by atoms with E-state index in [4.69, 9.17) is 14.5 Å². The Hall–Kier alpha value is -4.73. The zero-order valence-corrected chi connectivity index (χ0v) is 24.7. The number of H-pyrrole nitrogens is 1. The highest BCUT2D eigenvalue weighted by atomic mass is 16.5. The first kappa shape index (κ1) is 29.3. The lowest BCUT2D eigenvalue weighted by Gasteiger charge is -2.30. The van der Waals surface area contributed by atoms with Gasteiger partial charge in [-0.05, 0) is 74.2 Å². The molecule has 9 nitrogen and oxygen atoms in total. The van der Waals surface area contributed by atoms with Crippen LogP contribution in [0.25, 0.3) is 22.8 Å².